The summed E-state index contributed by atoms with van der Waals surface area (Å²) in [6, 6.07) is 0.474. The molecule has 1 aliphatic heterocycles. The molecule has 0 radical (unpaired) electrons. The third-order valence-electron chi connectivity index (χ3n) is 3.23. The van der Waals surface area contributed by atoms with E-state index in [4.69, 9.17) is 4.74 Å². The Bertz CT molecular complexity index is 175. The fourth-order valence-electron chi connectivity index (χ4n) is 2.31. The van der Waals surface area contributed by atoms with Crippen molar-refractivity contribution in [1.29, 1.82) is 0 Å². The van der Waals surface area contributed by atoms with E-state index in [-0.39, 0.29) is 0 Å². The Morgan fingerprint density at radius 2 is 2.31 bits per heavy atom. The van der Waals surface area contributed by atoms with Gasteiger partial charge < -0.3 is 15.0 Å². The molecule has 1 N–H and O–H groups in total. The predicted molar refractivity (Wildman–Crippen MR) is 68.8 cm³/mol. The largest absolute Gasteiger partial charge is 0.380 e. The molecular weight excluding hydrogens is 200 g/mol. The van der Waals surface area contributed by atoms with E-state index in [9.17, 15) is 0 Å². The Morgan fingerprint density at radius 3 is 3.00 bits per heavy atom. The van der Waals surface area contributed by atoms with Crippen LogP contribution < -0.4 is 5.32 Å². The Labute approximate surface area is 101 Å². The molecular formula is C13H28N2O. The summed E-state index contributed by atoms with van der Waals surface area (Å²) in [6.07, 6.45) is 2.78. The highest BCUT2D eigenvalue weighted by molar-refractivity contribution is 4.71. The number of rotatable bonds is 7. The molecule has 1 saturated heterocycles. The highest BCUT2D eigenvalue weighted by atomic mass is 16.5. The van der Waals surface area contributed by atoms with Gasteiger partial charge in [-0.2, -0.15) is 0 Å². The van der Waals surface area contributed by atoms with Crippen molar-refractivity contribution in [2.45, 2.75) is 39.7 Å². The fraction of sp³-hybridized carbons (Fsp3) is 1.00. The van der Waals surface area contributed by atoms with Gasteiger partial charge in [0.1, 0.15) is 0 Å². The summed E-state index contributed by atoms with van der Waals surface area (Å²) >= 11 is 0. The first-order valence-electron chi connectivity index (χ1n) is 6.75. The minimum atomic E-state index is 0.474. The van der Waals surface area contributed by atoms with Gasteiger partial charge in [0.05, 0.1) is 6.61 Å². The van der Waals surface area contributed by atoms with E-state index in [1.54, 1.807) is 0 Å². The van der Waals surface area contributed by atoms with E-state index >= 15 is 0 Å². The van der Waals surface area contributed by atoms with Crippen LogP contribution in [0.3, 0.4) is 0 Å². The zero-order valence-electron chi connectivity index (χ0n) is 11.2. The number of nitrogens with zero attached hydrogens (tertiary/aromatic N) is 1. The van der Waals surface area contributed by atoms with Gasteiger partial charge in [-0.25, -0.2) is 0 Å². The van der Waals surface area contributed by atoms with Crippen molar-refractivity contribution < 1.29 is 4.74 Å². The van der Waals surface area contributed by atoms with Gasteiger partial charge in [0, 0.05) is 32.3 Å². The van der Waals surface area contributed by atoms with Gasteiger partial charge >= 0.3 is 0 Å². The van der Waals surface area contributed by atoms with Gasteiger partial charge in [-0.3, -0.25) is 0 Å². The van der Waals surface area contributed by atoms with Crippen LogP contribution in [0.15, 0.2) is 0 Å². The molecule has 3 nitrogen and oxygen atoms in total. The summed E-state index contributed by atoms with van der Waals surface area (Å²) < 4.78 is 5.38. The van der Waals surface area contributed by atoms with Crippen molar-refractivity contribution >= 4 is 0 Å². The minimum Gasteiger partial charge on any atom is -0.380 e. The first-order chi connectivity index (χ1) is 7.72. The molecule has 0 spiro atoms. The summed E-state index contributed by atoms with van der Waals surface area (Å²) in [5, 5.41) is 3.51. The molecule has 1 rings (SSSR count). The number of piperidine rings is 1. The van der Waals surface area contributed by atoms with Crippen molar-refractivity contribution in [3.63, 3.8) is 0 Å². The highest BCUT2D eigenvalue weighted by Crippen LogP contribution is 2.14. The van der Waals surface area contributed by atoms with E-state index in [1.807, 2.05) is 6.92 Å². The zero-order valence-corrected chi connectivity index (χ0v) is 11.2. The van der Waals surface area contributed by atoms with Gasteiger partial charge in [0.25, 0.3) is 0 Å². The number of hydrogen-bond donors (Lipinski definition) is 1. The molecule has 0 aromatic heterocycles. The Balaban J connectivity index is 2.01. The van der Waals surface area contributed by atoms with Crippen molar-refractivity contribution in [2.75, 3.05) is 39.4 Å². The second kappa shape index (κ2) is 8.04. The van der Waals surface area contributed by atoms with Gasteiger partial charge in [-0.1, -0.05) is 6.92 Å². The van der Waals surface area contributed by atoms with E-state index in [2.05, 4.69) is 24.1 Å². The number of ether oxygens (including phenoxy) is 1. The Morgan fingerprint density at radius 1 is 1.50 bits per heavy atom. The van der Waals surface area contributed by atoms with Crippen LogP contribution in [0, 0.1) is 5.92 Å². The molecule has 2 atom stereocenters. The summed E-state index contributed by atoms with van der Waals surface area (Å²) in [5.41, 5.74) is 0. The van der Waals surface area contributed by atoms with Gasteiger partial charge in [0.2, 0.25) is 0 Å². The predicted octanol–water partition coefficient (Wildman–Crippen LogP) is 1.73. The molecule has 0 amide bonds. The van der Waals surface area contributed by atoms with Crippen LogP contribution in [0.5, 0.6) is 0 Å². The van der Waals surface area contributed by atoms with Gasteiger partial charge in [-0.15, -0.1) is 0 Å². The SMILES string of the molecule is CCOCC(C)NCCN1CCCC(C)C1. The fourth-order valence-corrected chi connectivity index (χ4v) is 2.31. The number of nitrogens with one attached hydrogen (secondary N) is 1. The van der Waals surface area contributed by atoms with Crippen LogP contribution in [-0.4, -0.2) is 50.3 Å². The summed E-state index contributed by atoms with van der Waals surface area (Å²) in [7, 11) is 0. The Kier molecular flexibility index (Phi) is 7.01. The van der Waals surface area contributed by atoms with Crippen molar-refractivity contribution in [3.05, 3.63) is 0 Å². The monoisotopic (exact) mass is 228 g/mol. The smallest absolute Gasteiger partial charge is 0.0616 e. The van der Waals surface area contributed by atoms with Crippen LogP contribution in [0.25, 0.3) is 0 Å². The van der Waals surface area contributed by atoms with E-state index < -0.39 is 0 Å². The molecule has 96 valence electrons. The molecule has 1 aliphatic rings. The molecule has 0 bridgehead atoms. The topological polar surface area (TPSA) is 24.5 Å². The Hall–Kier alpha value is -0.120. The maximum Gasteiger partial charge on any atom is 0.0616 e. The zero-order chi connectivity index (χ0) is 11.8. The molecule has 3 heteroatoms. The van der Waals surface area contributed by atoms with Crippen molar-refractivity contribution in [2.24, 2.45) is 5.92 Å². The summed E-state index contributed by atoms with van der Waals surface area (Å²) in [5.74, 6) is 0.884. The molecule has 0 aliphatic carbocycles. The van der Waals surface area contributed by atoms with Crippen LogP contribution in [0.4, 0.5) is 0 Å². The average Bonchev–Trinajstić information content (AvgIpc) is 2.26. The lowest BCUT2D eigenvalue weighted by molar-refractivity contribution is 0.124. The first-order valence-corrected chi connectivity index (χ1v) is 6.75. The normalized spacial score (nSPS) is 24.6. The molecule has 2 unspecified atom stereocenters. The number of likely N-dealkylation sites (tertiary alicyclic amines) is 1. The van der Waals surface area contributed by atoms with Crippen LogP contribution in [-0.2, 0) is 4.74 Å². The molecule has 0 aromatic rings. The third-order valence-corrected chi connectivity index (χ3v) is 3.23. The first kappa shape index (κ1) is 13.9. The summed E-state index contributed by atoms with van der Waals surface area (Å²) in [6.45, 7) is 13.1. The molecule has 1 heterocycles. The lowest BCUT2D eigenvalue weighted by Gasteiger charge is -2.31. The lowest BCUT2D eigenvalue weighted by atomic mass is 10.0. The minimum absolute atomic E-state index is 0.474. The van der Waals surface area contributed by atoms with Crippen LogP contribution >= 0.6 is 0 Å². The van der Waals surface area contributed by atoms with E-state index in [0.717, 1.165) is 25.7 Å². The van der Waals surface area contributed by atoms with Gasteiger partial charge in [-0.05, 0) is 39.2 Å². The lowest BCUT2D eigenvalue weighted by Crippen LogP contribution is -2.41. The average molecular weight is 228 g/mol. The quantitative estimate of drug-likeness (QED) is 0.718. The summed E-state index contributed by atoms with van der Waals surface area (Å²) in [4.78, 5) is 2.58. The maximum atomic E-state index is 5.38. The van der Waals surface area contributed by atoms with E-state index in [0.29, 0.717) is 6.04 Å². The second-order valence-corrected chi connectivity index (χ2v) is 5.06. The highest BCUT2D eigenvalue weighted by Gasteiger charge is 2.15. The molecule has 16 heavy (non-hydrogen) atoms. The van der Waals surface area contributed by atoms with E-state index in [1.165, 1.54) is 32.5 Å². The molecule has 0 saturated carbocycles. The van der Waals surface area contributed by atoms with Crippen molar-refractivity contribution in [1.82, 2.24) is 10.2 Å². The molecule has 1 fully saturated rings. The maximum absolute atomic E-state index is 5.38. The van der Waals surface area contributed by atoms with Gasteiger partial charge in [0.15, 0.2) is 0 Å². The van der Waals surface area contributed by atoms with Crippen LogP contribution in [0.2, 0.25) is 0 Å². The van der Waals surface area contributed by atoms with Crippen molar-refractivity contribution in [3.8, 4) is 0 Å². The third kappa shape index (κ3) is 5.83. The molecule has 0 aromatic carbocycles. The standard InChI is InChI=1S/C13H28N2O/c1-4-16-11-13(3)14-7-9-15-8-5-6-12(2)10-15/h12-14H,4-11H2,1-3H3. The van der Waals surface area contributed by atoms with Crippen LogP contribution in [0.1, 0.15) is 33.6 Å². The second-order valence-electron chi connectivity index (χ2n) is 5.06. The number of hydrogen-bond acceptors (Lipinski definition) is 3.